The minimum atomic E-state index is -4.45. The maximum absolute atomic E-state index is 13.7. The number of nitrogens with zero attached hydrogens (tertiary/aromatic N) is 1. The lowest BCUT2D eigenvalue weighted by Crippen LogP contribution is -2.59. The molecule has 0 saturated carbocycles. The van der Waals surface area contributed by atoms with E-state index in [4.69, 9.17) is 9.47 Å². The molecule has 3 amide bonds. The molecule has 2 heterocycles. The first kappa shape index (κ1) is 28.0. The van der Waals surface area contributed by atoms with Crippen LogP contribution in [0.3, 0.4) is 0 Å². The van der Waals surface area contributed by atoms with E-state index in [-0.39, 0.29) is 30.8 Å². The summed E-state index contributed by atoms with van der Waals surface area (Å²) in [6.07, 6.45) is 3.08. The van der Waals surface area contributed by atoms with Gasteiger partial charge in [0.2, 0.25) is 0 Å². The molecule has 2 fully saturated rings. The van der Waals surface area contributed by atoms with Crippen LogP contribution in [0.4, 0.5) is 31.5 Å². The van der Waals surface area contributed by atoms with Gasteiger partial charge in [-0.15, -0.1) is 0 Å². The van der Waals surface area contributed by atoms with Gasteiger partial charge in [0.25, 0.3) is 0 Å². The molecule has 4 rings (SSSR count). The van der Waals surface area contributed by atoms with Crippen LogP contribution in [0.2, 0.25) is 0 Å². The van der Waals surface area contributed by atoms with Crippen LogP contribution < -0.4 is 16.0 Å². The van der Waals surface area contributed by atoms with Crippen LogP contribution in [0.25, 0.3) is 0 Å². The topological polar surface area (TPSA) is 91.9 Å². The number of allylic oxidation sites excluding steroid dienone is 2. The van der Waals surface area contributed by atoms with E-state index in [0.717, 1.165) is 23.5 Å². The number of hydrogen-bond donors (Lipinski definition) is 3. The molecule has 4 atom stereocenters. The number of alkyl halides is 3. The van der Waals surface area contributed by atoms with E-state index in [2.05, 4.69) is 16.0 Å². The molecule has 208 valence electrons. The summed E-state index contributed by atoms with van der Waals surface area (Å²) in [6.45, 7) is -0.501. The Morgan fingerprint density at radius 1 is 1.21 bits per heavy atom. The third-order valence-corrected chi connectivity index (χ3v) is 6.82. The number of nitrogens with one attached hydrogen (secondary N) is 3. The second kappa shape index (κ2) is 11.8. The van der Waals surface area contributed by atoms with Crippen LogP contribution in [0.1, 0.15) is 30.9 Å². The first-order chi connectivity index (χ1) is 18.1. The predicted molar refractivity (Wildman–Crippen MR) is 126 cm³/mol. The summed E-state index contributed by atoms with van der Waals surface area (Å²) in [6, 6.07) is 1.06. The van der Waals surface area contributed by atoms with Crippen LogP contribution in [-0.4, -0.2) is 73.7 Å². The monoisotopic (exact) mass is 544 g/mol. The summed E-state index contributed by atoms with van der Waals surface area (Å²) in [4.78, 5) is 25.6. The first-order valence-electron chi connectivity index (χ1n) is 12.3. The molecule has 3 N–H and O–H groups in total. The van der Waals surface area contributed by atoms with Crippen LogP contribution >= 0.6 is 0 Å². The van der Waals surface area contributed by atoms with Gasteiger partial charge in [-0.1, -0.05) is 30.4 Å². The number of carbonyl (C=O) groups excluding carboxylic acids is 2. The number of rotatable bonds is 8. The third kappa shape index (κ3) is 6.69. The number of imide groups is 1. The van der Waals surface area contributed by atoms with Crippen molar-refractivity contribution in [3.63, 3.8) is 0 Å². The van der Waals surface area contributed by atoms with Gasteiger partial charge in [-0.3, -0.25) is 0 Å². The molecule has 2 saturated heterocycles. The second-order valence-corrected chi connectivity index (χ2v) is 9.40. The Bertz CT molecular complexity index is 1080. The number of urea groups is 1. The molecular formula is C25H29F5N4O4. The van der Waals surface area contributed by atoms with E-state index in [1.165, 1.54) is 6.07 Å². The van der Waals surface area contributed by atoms with Crippen LogP contribution in [0.5, 0.6) is 0 Å². The fraction of sp³-hybridized carbons (Fsp3) is 0.520. The Labute approximate surface area is 216 Å². The zero-order valence-corrected chi connectivity index (χ0v) is 20.4. The van der Waals surface area contributed by atoms with Crippen molar-refractivity contribution < 1.29 is 41.0 Å². The smallest absolute Gasteiger partial charge is 0.418 e. The van der Waals surface area contributed by atoms with Gasteiger partial charge in [0.15, 0.2) is 11.6 Å². The van der Waals surface area contributed by atoms with Crippen molar-refractivity contribution in [2.75, 3.05) is 32.8 Å². The summed E-state index contributed by atoms with van der Waals surface area (Å²) in [5.41, 5.74) is -0.902. The van der Waals surface area contributed by atoms with Crippen LogP contribution in [0.15, 0.2) is 42.5 Å². The van der Waals surface area contributed by atoms with Gasteiger partial charge in [-0.25, -0.2) is 23.3 Å². The van der Waals surface area contributed by atoms with Gasteiger partial charge in [0.1, 0.15) is 24.9 Å². The highest BCUT2D eigenvalue weighted by atomic mass is 19.4. The molecule has 13 heteroatoms. The Morgan fingerprint density at radius 3 is 2.74 bits per heavy atom. The number of cyclic esters (lactones) is 1. The molecule has 1 aromatic carbocycles. The summed E-state index contributed by atoms with van der Waals surface area (Å²) in [7, 11) is 0. The SMILES string of the molecule is O=C(NCCNC1CCNC(C2(OCC(F)(F)F)C=CC=CC2)C1)N1C(=O)OC[C@@H]1c1ccc(F)c(F)c1. The molecule has 0 spiro atoms. The zero-order chi connectivity index (χ0) is 27.3. The molecule has 3 aliphatic rings. The van der Waals surface area contributed by atoms with Gasteiger partial charge >= 0.3 is 18.3 Å². The van der Waals surface area contributed by atoms with E-state index in [9.17, 15) is 31.5 Å². The molecule has 3 unspecified atom stereocenters. The average Bonchev–Trinajstić information content (AvgIpc) is 3.28. The summed E-state index contributed by atoms with van der Waals surface area (Å²) >= 11 is 0. The number of hydrogen-bond acceptors (Lipinski definition) is 6. The lowest BCUT2D eigenvalue weighted by molar-refractivity contribution is -0.202. The fourth-order valence-corrected chi connectivity index (χ4v) is 4.92. The standard InChI is InChI=1S/C25H29F5N4O4/c26-18-5-4-16(12-19(18)27)20-14-37-23(36)34(20)22(35)33-11-10-31-17-6-9-32-21(13-17)24(7-2-1-3-8-24)38-15-25(28,29)30/h1-5,7,12,17,20-21,31-32H,6,8-11,13-15H2,(H,33,35)/t17?,20-,21?,24?/m1/s1. The Hall–Kier alpha value is -3.03. The van der Waals surface area contributed by atoms with Crippen molar-refractivity contribution in [2.24, 2.45) is 0 Å². The van der Waals surface area contributed by atoms with Crippen LogP contribution in [0, 0.1) is 11.6 Å². The van der Waals surface area contributed by atoms with Gasteiger partial charge in [-0.05, 0) is 43.5 Å². The number of ether oxygens (including phenoxy) is 2. The van der Waals surface area contributed by atoms with Crippen molar-refractivity contribution in [3.8, 4) is 0 Å². The van der Waals surface area contributed by atoms with Crippen molar-refractivity contribution in [2.45, 2.75) is 49.2 Å². The lowest BCUT2D eigenvalue weighted by atomic mass is 9.81. The molecule has 1 aromatic rings. The molecular weight excluding hydrogens is 515 g/mol. The van der Waals surface area contributed by atoms with E-state index < -0.39 is 48.2 Å². The van der Waals surface area contributed by atoms with Crippen molar-refractivity contribution in [3.05, 3.63) is 59.7 Å². The highest BCUT2D eigenvalue weighted by Crippen LogP contribution is 2.33. The largest absolute Gasteiger partial charge is 0.446 e. The maximum atomic E-state index is 13.7. The lowest BCUT2D eigenvalue weighted by Gasteiger charge is -2.43. The Morgan fingerprint density at radius 2 is 2.03 bits per heavy atom. The number of amides is 3. The molecule has 8 nitrogen and oxygen atoms in total. The number of benzene rings is 1. The van der Waals surface area contributed by atoms with Crippen LogP contribution in [-0.2, 0) is 9.47 Å². The average molecular weight is 545 g/mol. The van der Waals surface area contributed by atoms with E-state index in [0.29, 0.717) is 25.9 Å². The predicted octanol–water partition coefficient (Wildman–Crippen LogP) is 3.71. The molecule has 0 bridgehead atoms. The van der Waals surface area contributed by atoms with Gasteiger partial charge < -0.3 is 25.4 Å². The van der Waals surface area contributed by atoms with Crippen molar-refractivity contribution in [1.82, 2.24) is 20.9 Å². The fourth-order valence-electron chi connectivity index (χ4n) is 4.92. The summed E-state index contributed by atoms with van der Waals surface area (Å²) in [5, 5.41) is 9.18. The van der Waals surface area contributed by atoms with Crippen molar-refractivity contribution >= 4 is 12.1 Å². The number of carbonyl (C=O) groups is 2. The molecule has 0 aromatic heterocycles. The molecule has 2 aliphatic heterocycles. The van der Waals surface area contributed by atoms with Crippen molar-refractivity contribution in [1.29, 1.82) is 0 Å². The van der Waals surface area contributed by atoms with Gasteiger partial charge in [0, 0.05) is 25.2 Å². The Balaban J connectivity index is 1.28. The molecule has 0 radical (unpaired) electrons. The highest BCUT2D eigenvalue weighted by molar-refractivity contribution is 5.92. The number of halogens is 5. The quantitative estimate of drug-likeness (QED) is 0.342. The molecule has 38 heavy (non-hydrogen) atoms. The van der Waals surface area contributed by atoms with E-state index in [1.54, 1.807) is 24.3 Å². The molecule has 1 aliphatic carbocycles. The normalized spacial score (nSPS) is 27.4. The van der Waals surface area contributed by atoms with Gasteiger partial charge in [0.05, 0.1) is 0 Å². The van der Waals surface area contributed by atoms with E-state index in [1.807, 2.05) is 0 Å². The van der Waals surface area contributed by atoms with Gasteiger partial charge in [-0.2, -0.15) is 13.2 Å². The summed E-state index contributed by atoms with van der Waals surface area (Å²) in [5.74, 6) is -2.15. The second-order valence-electron chi connectivity index (χ2n) is 9.40. The summed E-state index contributed by atoms with van der Waals surface area (Å²) < 4.78 is 75.9. The zero-order valence-electron chi connectivity index (χ0n) is 20.4. The minimum absolute atomic E-state index is 0.0458. The maximum Gasteiger partial charge on any atom is 0.418 e. The third-order valence-electron chi connectivity index (χ3n) is 6.82. The number of piperidine rings is 1. The first-order valence-corrected chi connectivity index (χ1v) is 12.3. The van der Waals surface area contributed by atoms with E-state index >= 15 is 0 Å². The highest BCUT2D eigenvalue weighted by Gasteiger charge is 2.43. The minimum Gasteiger partial charge on any atom is -0.446 e. The Kier molecular flexibility index (Phi) is 8.68.